The predicted octanol–water partition coefficient (Wildman–Crippen LogP) is 8.38. The normalized spacial score (nSPS) is 17.1. The van der Waals surface area contributed by atoms with Gasteiger partial charge in [0.1, 0.15) is 5.75 Å². The van der Waals surface area contributed by atoms with E-state index in [-0.39, 0.29) is 43.7 Å². The Balaban J connectivity index is 1.56. The van der Waals surface area contributed by atoms with Crippen LogP contribution in [0.3, 0.4) is 0 Å². The number of aliphatic hydroxyl groups is 1. The Morgan fingerprint density at radius 1 is 0.962 bits per heavy atom. The van der Waals surface area contributed by atoms with Gasteiger partial charge in [-0.15, -0.1) is 0 Å². The molecule has 10 nitrogen and oxygen atoms in total. The number of ether oxygens (including phenoxy) is 2. The van der Waals surface area contributed by atoms with Crippen molar-refractivity contribution in [1.82, 2.24) is 10.9 Å². The Hall–Kier alpha value is -5.09. The van der Waals surface area contributed by atoms with Gasteiger partial charge in [-0.25, -0.2) is 10.4 Å². The van der Waals surface area contributed by atoms with Crippen molar-refractivity contribution < 1.29 is 45.7 Å². The molecule has 1 aliphatic rings. The Kier molecular flexibility index (Phi) is 12.3. The van der Waals surface area contributed by atoms with Crippen LogP contribution in [0.2, 0.25) is 0 Å². The number of carbonyl (C=O) groups excluding carboxylic acids is 1. The summed E-state index contributed by atoms with van der Waals surface area (Å²) >= 11 is 3.39. The average molecular weight is 806 g/mol. The van der Waals surface area contributed by atoms with Crippen LogP contribution in [-0.4, -0.2) is 35.7 Å². The molecule has 0 fully saturated rings. The van der Waals surface area contributed by atoms with Crippen molar-refractivity contribution in [2.24, 2.45) is 10.1 Å². The van der Waals surface area contributed by atoms with E-state index in [1.54, 1.807) is 72.8 Å². The molecule has 0 radical (unpaired) electrons. The van der Waals surface area contributed by atoms with E-state index < -0.39 is 47.6 Å². The number of hydrazine groups is 1. The summed E-state index contributed by atoms with van der Waals surface area (Å²) in [5.74, 6) is -0.259. The van der Waals surface area contributed by atoms with Crippen molar-refractivity contribution in [3.63, 3.8) is 0 Å². The molecule has 3 N–H and O–H groups in total. The molecule has 0 unspecified atom stereocenters. The monoisotopic (exact) mass is 804 g/mol. The number of nitrogens with zero attached hydrogens (tertiary/aromatic N) is 4. The largest absolute Gasteiger partial charge is 0.494 e. The van der Waals surface area contributed by atoms with Crippen LogP contribution in [0.4, 0.5) is 26.3 Å². The summed E-state index contributed by atoms with van der Waals surface area (Å²) in [4.78, 5) is 22.2. The van der Waals surface area contributed by atoms with Crippen LogP contribution in [-0.2, 0) is 41.4 Å². The number of amides is 1. The molecule has 4 aromatic rings. The summed E-state index contributed by atoms with van der Waals surface area (Å²) in [6.07, 6.45) is -10.9. The Bertz CT molecular complexity index is 1950. The number of benzene rings is 4. The fraction of sp³-hybridized carbons (Fsp3) is 0.278. The van der Waals surface area contributed by atoms with Crippen molar-refractivity contribution in [1.29, 1.82) is 0 Å². The van der Waals surface area contributed by atoms with E-state index >= 15 is 0 Å². The first-order valence-corrected chi connectivity index (χ1v) is 16.8. The lowest BCUT2D eigenvalue weighted by Gasteiger charge is -2.32. The molecule has 1 amide bonds. The first-order chi connectivity index (χ1) is 25.2. The maximum Gasteiger partial charge on any atom is 0.416 e. The van der Waals surface area contributed by atoms with Crippen LogP contribution < -0.4 is 15.6 Å². The van der Waals surface area contributed by atoms with Crippen molar-refractivity contribution in [2.75, 3.05) is 13.2 Å². The summed E-state index contributed by atoms with van der Waals surface area (Å²) in [6, 6.07) is 21.6. The molecule has 53 heavy (non-hydrogen) atoms. The van der Waals surface area contributed by atoms with Gasteiger partial charge in [-0.3, -0.25) is 10.2 Å². The molecule has 0 aromatic heterocycles. The quantitative estimate of drug-likeness (QED) is 0.0293. The first kappa shape index (κ1) is 39.1. The number of hydrogen-bond donors (Lipinski definition) is 3. The molecule has 0 aliphatic carbocycles. The van der Waals surface area contributed by atoms with Gasteiger partial charge in [0.15, 0.2) is 11.6 Å². The summed E-state index contributed by atoms with van der Waals surface area (Å²) < 4.78 is 94.0. The van der Waals surface area contributed by atoms with E-state index in [1.165, 1.54) is 0 Å². The van der Waals surface area contributed by atoms with Gasteiger partial charge in [0.05, 0.1) is 24.3 Å². The lowest BCUT2D eigenvalue weighted by Crippen LogP contribution is -2.53. The Morgan fingerprint density at radius 3 is 2.25 bits per heavy atom. The average Bonchev–Trinajstić information content (AvgIpc) is 3.51. The number of aliphatic hydroxyl groups excluding tert-OH is 1. The number of azide groups is 1. The third-order valence-corrected chi connectivity index (χ3v) is 8.73. The summed E-state index contributed by atoms with van der Waals surface area (Å²) in [7, 11) is 0. The zero-order valence-electron chi connectivity index (χ0n) is 27.6. The first-order valence-electron chi connectivity index (χ1n) is 16.0. The molecule has 0 saturated heterocycles. The van der Waals surface area contributed by atoms with E-state index in [9.17, 15) is 31.1 Å². The Morgan fingerprint density at radius 2 is 1.62 bits per heavy atom. The molecular formula is C36H31BrF6N6O4. The molecular weight excluding hydrogens is 774 g/mol. The van der Waals surface area contributed by atoms with E-state index in [0.717, 1.165) is 4.47 Å². The van der Waals surface area contributed by atoms with E-state index in [4.69, 9.17) is 25.1 Å². The molecule has 0 saturated carbocycles. The van der Waals surface area contributed by atoms with Crippen LogP contribution >= 0.6 is 15.9 Å². The minimum absolute atomic E-state index is 0.0214. The van der Waals surface area contributed by atoms with Gasteiger partial charge in [-0.2, -0.15) is 26.3 Å². The number of nitrogens with one attached hydrogen (secondary N) is 2. The number of carbonyl (C=O) groups is 1. The number of hydrogen-bond acceptors (Lipinski definition) is 7. The second kappa shape index (κ2) is 16.7. The van der Waals surface area contributed by atoms with Crippen LogP contribution in [0.1, 0.15) is 51.5 Å². The highest BCUT2D eigenvalue weighted by Gasteiger charge is 2.54. The van der Waals surface area contributed by atoms with Crippen LogP contribution in [0, 0.1) is 0 Å². The number of alkyl halides is 6. The third kappa shape index (κ3) is 9.67. The van der Waals surface area contributed by atoms with Crippen molar-refractivity contribution in [3.8, 4) is 5.75 Å². The summed E-state index contributed by atoms with van der Waals surface area (Å²) in [5, 5.41) is 12.8. The van der Waals surface area contributed by atoms with Gasteiger partial charge in [0, 0.05) is 40.9 Å². The highest BCUT2D eigenvalue weighted by Crippen LogP contribution is 2.44. The minimum Gasteiger partial charge on any atom is -0.494 e. The van der Waals surface area contributed by atoms with Crippen LogP contribution in [0.15, 0.2) is 106 Å². The van der Waals surface area contributed by atoms with Gasteiger partial charge in [-0.1, -0.05) is 57.4 Å². The Labute approximate surface area is 307 Å². The van der Waals surface area contributed by atoms with Crippen molar-refractivity contribution in [3.05, 3.63) is 145 Å². The summed E-state index contributed by atoms with van der Waals surface area (Å²) in [5.41, 5.74) is 10.9. The number of rotatable bonds is 14. The standard InChI is InChI=1S/C36H31BrF6N6O4/c37-28-10-6-22(7-11-28)19-34(33(51)48-45-20-23-16-26(35(38,39)40)18-27(17-23)36(41,42)43)31(30-5-2-1-4-25(30)21-46-49-44)53-32(47-34)24-8-12-29(13-9-24)52-15-3-14-50/h1-2,4-13,16-18,31,45,50H,3,14-15,19-21H2,(H,48,51)/t31-,34-/m0/s1. The SMILES string of the molecule is [N-]=[N+]=NCc1ccccc1[C@@H]1OC(c2ccc(OCCCO)cc2)=N[C@]1(Cc1ccc(Br)cc1)C(=O)NNCc1cc(C(F)(F)F)cc(C(F)(F)F)c1. The van der Waals surface area contributed by atoms with Gasteiger partial charge >= 0.3 is 12.4 Å². The highest BCUT2D eigenvalue weighted by atomic mass is 79.9. The molecule has 278 valence electrons. The fourth-order valence-electron chi connectivity index (χ4n) is 5.67. The predicted molar refractivity (Wildman–Crippen MR) is 185 cm³/mol. The molecule has 0 spiro atoms. The van der Waals surface area contributed by atoms with Gasteiger partial charge in [0.2, 0.25) is 5.90 Å². The zero-order valence-corrected chi connectivity index (χ0v) is 29.2. The molecule has 17 heteroatoms. The zero-order chi connectivity index (χ0) is 38.2. The molecule has 0 bridgehead atoms. The fourth-order valence-corrected chi connectivity index (χ4v) is 5.93. The number of aliphatic imine (C=N–C) groups is 1. The van der Waals surface area contributed by atoms with Crippen molar-refractivity contribution >= 4 is 27.7 Å². The maximum absolute atomic E-state index is 14.5. The second-order valence-corrected chi connectivity index (χ2v) is 12.8. The summed E-state index contributed by atoms with van der Waals surface area (Å²) in [6.45, 7) is -0.483. The molecule has 2 atom stereocenters. The van der Waals surface area contributed by atoms with Gasteiger partial charge in [-0.05, 0) is 82.4 Å². The third-order valence-electron chi connectivity index (χ3n) is 8.20. The lowest BCUT2D eigenvalue weighted by atomic mass is 9.81. The van der Waals surface area contributed by atoms with E-state index in [2.05, 4.69) is 36.8 Å². The van der Waals surface area contributed by atoms with E-state index in [1.807, 2.05) is 0 Å². The van der Waals surface area contributed by atoms with Gasteiger partial charge in [0.25, 0.3) is 5.91 Å². The number of halogens is 7. The highest BCUT2D eigenvalue weighted by molar-refractivity contribution is 9.10. The minimum atomic E-state index is -5.06. The molecule has 1 heterocycles. The topological polar surface area (TPSA) is 141 Å². The van der Waals surface area contributed by atoms with Gasteiger partial charge < -0.3 is 14.6 Å². The maximum atomic E-state index is 14.5. The van der Waals surface area contributed by atoms with Crippen LogP contribution in [0.25, 0.3) is 10.4 Å². The van der Waals surface area contributed by atoms with Crippen molar-refractivity contribution in [2.45, 2.75) is 49.9 Å². The van der Waals surface area contributed by atoms with E-state index in [0.29, 0.717) is 46.6 Å². The lowest BCUT2D eigenvalue weighted by molar-refractivity contribution is -0.143. The second-order valence-electron chi connectivity index (χ2n) is 11.9. The van der Waals surface area contributed by atoms with Crippen LogP contribution in [0.5, 0.6) is 5.75 Å². The molecule has 5 rings (SSSR count). The smallest absolute Gasteiger partial charge is 0.416 e. The molecule has 4 aromatic carbocycles. The molecule has 1 aliphatic heterocycles.